The van der Waals surface area contributed by atoms with Crippen LogP contribution in [-0.4, -0.2) is 30.1 Å². The highest BCUT2D eigenvalue weighted by atomic mass is 19.1. The van der Waals surface area contributed by atoms with Gasteiger partial charge in [-0.15, -0.1) is 0 Å². The van der Waals surface area contributed by atoms with Gasteiger partial charge in [0.15, 0.2) is 5.76 Å². The maximum absolute atomic E-state index is 14.1. The first kappa shape index (κ1) is 17.6. The van der Waals surface area contributed by atoms with Gasteiger partial charge in [0.25, 0.3) is 5.91 Å². The molecule has 1 amide bonds. The molecule has 3 aromatic rings. The number of rotatable bonds is 5. The van der Waals surface area contributed by atoms with Gasteiger partial charge in [-0.05, 0) is 0 Å². The zero-order chi connectivity index (χ0) is 18.7. The molecule has 26 heavy (non-hydrogen) atoms. The molecule has 1 aromatic heterocycles. The van der Waals surface area contributed by atoms with E-state index in [0.29, 0.717) is 11.5 Å². The predicted octanol–water partition coefficient (Wildman–Crippen LogP) is 3.90. The fraction of sp³-hybridized carbons (Fsp3) is 0.158. The largest absolute Gasteiger partial charge is 0.497 e. The molecular formula is C19H16F2N2O3. The van der Waals surface area contributed by atoms with Crippen molar-refractivity contribution in [3.05, 3.63) is 71.5 Å². The number of ether oxygens (including phenoxy) is 1. The van der Waals surface area contributed by atoms with E-state index in [2.05, 4.69) is 5.16 Å². The Morgan fingerprint density at radius 1 is 1.15 bits per heavy atom. The van der Waals surface area contributed by atoms with E-state index < -0.39 is 23.1 Å². The van der Waals surface area contributed by atoms with Gasteiger partial charge >= 0.3 is 0 Å². The first-order valence-corrected chi connectivity index (χ1v) is 7.79. The summed E-state index contributed by atoms with van der Waals surface area (Å²) in [7, 11) is 2.71. The molecule has 0 N–H and O–H groups in total. The lowest BCUT2D eigenvalue weighted by molar-refractivity contribution is 0.0762. The Hall–Kier alpha value is -3.22. The molecule has 0 atom stereocenters. The van der Waals surface area contributed by atoms with Crippen molar-refractivity contribution in [1.82, 2.24) is 10.1 Å². The van der Waals surface area contributed by atoms with Crippen molar-refractivity contribution in [1.29, 1.82) is 0 Å². The van der Waals surface area contributed by atoms with Crippen LogP contribution in [0.3, 0.4) is 0 Å². The lowest BCUT2D eigenvalue weighted by Gasteiger charge is -2.16. The van der Waals surface area contributed by atoms with E-state index >= 15 is 0 Å². The Balaban J connectivity index is 1.77. The number of hydrogen-bond acceptors (Lipinski definition) is 4. The fourth-order valence-electron chi connectivity index (χ4n) is 2.50. The Morgan fingerprint density at radius 3 is 2.42 bits per heavy atom. The van der Waals surface area contributed by atoms with Crippen LogP contribution in [0.5, 0.6) is 5.75 Å². The van der Waals surface area contributed by atoms with Gasteiger partial charge < -0.3 is 14.2 Å². The number of carbonyl (C=O) groups excluding carboxylic acids is 1. The number of benzene rings is 2. The summed E-state index contributed by atoms with van der Waals surface area (Å²) < 4.78 is 38.1. The van der Waals surface area contributed by atoms with Crippen molar-refractivity contribution in [2.75, 3.05) is 14.2 Å². The van der Waals surface area contributed by atoms with Gasteiger partial charge in [0, 0.05) is 30.8 Å². The summed E-state index contributed by atoms with van der Waals surface area (Å²) in [5.41, 5.74) is 0.836. The summed E-state index contributed by atoms with van der Waals surface area (Å²) in [6.45, 7) is 0.0174. The van der Waals surface area contributed by atoms with Crippen molar-refractivity contribution in [2.24, 2.45) is 0 Å². The molecule has 0 aliphatic carbocycles. The average Bonchev–Trinajstić information content (AvgIpc) is 3.10. The van der Waals surface area contributed by atoms with Crippen molar-refractivity contribution in [3.63, 3.8) is 0 Å². The molecule has 0 saturated heterocycles. The third-order valence-electron chi connectivity index (χ3n) is 3.83. The van der Waals surface area contributed by atoms with Gasteiger partial charge in [-0.1, -0.05) is 35.5 Å². The predicted molar refractivity (Wildman–Crippen MR) is 90.6 cm³/mol. The van der Waals surface area contributed by atoms with E-state index in [9.17, 15) is 13.6 Å². The van der Waals surface area contributed by atoms with Crippen LogP contribution in [0.4, 0.5) is 8.78 Å². The summed E-state index contributed by atoms with van der Waals surface area (Å²) in [6.07, 6.45) is 0. The van der Waals surface area contributed by atoms with Crippen LogP contribution in [0.2, 0.25) is 0 Å². The molecule has 0 spiro atoms. The van der Waals surface area contributed by atoms with E-state index in [0.717, 1.165) is 22.6 Å². The Kier molecular flexibility index (Phi) is 4.97. The number of halogens is 2. The van der Waals surface area contributed by atoms with Crippen LogP contribution in [0.25, 0.3) is 11.3 Å². The third-order valence-corrected chi connectivity index (χ3v) is 3.83. The molecule has 1 heterocycles. The van der Waals surface area contributed by atoms with Crippen LogP contribution in [-0.2, 0) is 6.54 Å². The third kappa shape index (κ3) is 3.56. The van der Waals surface area contributed by atoms with Crippen LogP contribution in [0.15, 0.2) is 53.1 Å². The number of hydrogen-bond donors (Lipinski definition) is 0. The quantitative estimate of drug-likeness (QED) is 0.694. The SMILES string of the molecule is COc1cc(F)c(C(=O)N(C)Cc2cc(-c3ccccc3)no2)c(F)c1. The van der Waals surface area contributed by atoms with E-state index in [1.54, 1.807) is 6.07 Å². The molecular weight excluding hydrogens is 342 g/mol. The van der Waals surface area contributed by atoms with Gasteiger partial charge in [-0.25, -0.2) is 8.78 Å². The van der Waals surface area contributed by atoms with Crippen molar-refractivity contribution in [3.8, 4) is 17.0 Å². The second kappa shape index (κ2) is 7.35. The molecule has 0 aliphatic rings. The maximum atomic E-state index is 14.1. The van der Waals surface area contributed by atoms with E-state index in [-0.39, 0.29) is 12.3 Å². The average molecular weight is 358 g/mol. The fourth-order valence-corrected chi connectivity index (χ4v) is 2.50. The van der Waals surface area contributed by atoms with E-state index in [4.69, 9.17) is 9.26 Å². The first-order chi connectivity index (χ1) is 12.5. The molecule has 0 fully saturated rings. The number of amides is 1. The number of methoxy groups -OCH3 is 1. The van der Waals surface area contributed by atoms with Crippen LogP contribution < -0.4 is 4.74 Å². The minimum absolute atomic E-state index is 0.00180. The summed E-state index contributed by atoms with van der Waals surface area (Å²) in [6, 6.07) is 13.0. The molecule has 0 saturated carbocycles. The van der Waals surface area contributed by atoms with E-state index in [1.165, 1.54) is 14.2 Å². The molecule has 0 unspecified atom stereocenters. The zero-order valence-electron chi connectivity index (χ0n) is 14.2. The van der Waals surface area contributed by atoms with Gasteiger partial charge in [0.2, 0.25) is 0 Å². The van der Waals surface area contributed by atoms with Crippen LogP contribution in [0, 0.1) is 11.6 Å². The van der Waals surface area contributed by atoms with Gasteiger partial charge in [0.1, 0.15) is 28.6 Å². The summed E-state index contributed by atoms with van der Waals surface area (Å²) >= 11 is 0. The molecule has 3 rings (SSSR count). The number of aromatic nitrogens is 1. The van der Waals surface area contributed by atoms with Crippen LogP contribution >= 0.6 is 0 Å². The highest BCUT2D eigenvalue weighted by Crippen LogP contribution is 2.23. The molecule has 2 aromatic carbocycles. The zero-order valence-corrected chi connectivity index (χ0v) is 14.2. The number of carbonyl (C=O) groups is 1. The minimum atomic E-state index is -0.985. The topological polar surface area (TPSA) is 55.6 Å². The number of nitrogens with zero attached hydrogens (tertiary/aromatic N) is 2. The Morgan fingerprint density at radius 2 is 1.81 bits per heavy atom. The molecule has 0 radical (unpaired) electrons. The first-order valence-electron chi connectivity index (χ1n) is 7.79. The lowest BCUT2D eigenvalue weighted by atomic mass is 10.1. The van der Waals surface area contributed by atoms with Crippen molar-refractivity contribution in [2.45, 2.75) is 6.54 Å². The Labute approximate surface area is 148 Å². The summed E-state index contributed by atoms with van der Waals surface area (Å²) in [5, 5.41) is 3.95. The van der Waals surface area contributed by atoms with Gasteiger partial charge in [0.05, 0.1) is 13.7 Å². The molecule has 0 bridgehead atoms. The lowest BCUT2D eigenvalue weighted by Crippen LogP contribution is -2.28. The van der Waals surface area contributed by atoms with Crippen LogP contribution in [0.1, 0.15) is 16.1 Å². The Bertz CT molecular complexity index is 903. The van der Waals surface area contributed by atoms with Gasteiger partial charge in [-0.3, -0.25) is 4.79 Å². The smallest absolute Gasteiger partial charge is 0.259 e. The second-order valence-corrected chi connectivity index (χ2v) is 5.67. The summed E-state index contributed by atoms with van der Waals surface area (Å²) in [4.78, 5) is 13.6. The van der Waals surface area contributed by atoms with Crippen molar-refractivity contribution >= 4 is 5.91 Å². The highest BCUT2D eigenvalue weighted by molar-refractivity contribution is 5.94. The van der Waals surface area contributed by atoms with E-state index in [1.807, 2.05) is 30.3 Å². The standard InChI is InChI=1S/C19H16F2N2O3/c1-23(19(24)18-15(20)8-13(25-2)9-16(18)21)11-14-10-17(22-26-14)12-6-4-3-5-7-12/h3-10H,11H2,1-2H3. The molecule has 0 aliphatic heterocycles. The van der Waals surface area contributed by atoms with Crippen molar-refractivity contribution < 1.29 is 22.8 Å². The minimum Gasteiger partial charge on any atom is -0.497 e. The van der Waals surface area contributed by atoms with Gasteiger partial charge in [-0.2, -0.15) is 0 Å². The second-order valence-electron chi connectivity index (χ2n) is 5.67. The monoisotopic (exact) mass is 358 g/mol. The maximum Gasteiger partial charge on any atom is 0.259 e. The summed E-state index contributed by atoms with van der Waals surface area (Å²) in [5.74, 6) is -2.38. The molecule has 7 heteroatoms. The normalized spacial score (nSPS) is 10.6. The highest BCUT2D eigenvalue weighted by Gasteiger charge is 2.23. The molecule has 5 nitrogen and oxygen atoms in total. The molecule has 134 valence electrons.